The van der Waals surface area contributed by atoms with Gasteiger partial charge in [-0.15, -0.1) is 0 Å². The van der Waals surface area contributed by atoms with Gasteiger partial charge < -0.3 is 14.6 Å². The molecular formula is C28H40O7. The van der Waals surface area contributed by atoms with Gasteiger partial charge in [0.25, 0.3) is 0 Å². The lowest BCUT2D eigenvalue weighted by Gasteiger charge is -2.60. The maximum atomic E-state index is 13.7. The van der Waals surface area contributed by atoms with E-state index in [0.29, 0.717) is 32.1 Å². The molecule has 0 aromatic rings. The van der Waals surface area contributed by atoms with Crippen LogP contribution < -0.4 is 0 Å². The highest BCUT2D eigenvalue weighted by Crippen LogP contribution is 2.68. The summed E-state index contributed by atoms with van der Waals surface area (Å²) in [5, 5.41) is 11.6. The smallest absolute Gasteiger partial charge is 0.306 e. The molecule has 1 N–H and O–H groups in total. The summed E-state index contributed by atoms with van der Waals surface area (Å²) in [7, 11) is 0. The second-order valence-corrected chi connectivity index (χ2v) is 11.7. The second-order valence-electron chi connectivity index (χ2n) is 11.7. The number of carbonyl (C=O) groups is 4. The molecule has 7 heteroatoms. The van der Waals surface area contributed by atoms with E-state index in [2.05, 4.69) is 6.92 Å². The normalized spacial score (nSPS) is 40.1. The third-order valence-electron chi connectivity index (χ3n) is 9.90. The number of Topliss-reactive ketones (excluding diaryl/α,β-unsaturated/α-hetero) is 1. The fourth-order valence-electron chi connectivity index (χ4n) is 8.21. The number of hydrogen-bond donors (Lipinski definition) is 1. The minimum Gasteiger partial charge on any atom is -0.458 e. The average molecular weight is 489 g/mol. The molecule has 0 bridgehead atoms. The van der Waals surface area contributed by atoms with Crippen LogP contribution in [0.25, 0.3) is 0 Å². The first-order valence-electron chi connectivity index (χ1n) is 13.3. The Hall–Kier alpha value is -2.02. The number of esters is 2. The lowest BCUT2D eigenvalue weighted by molar-refractivity contribution is -0.203. The minimum absolute atomic E-state index is 0.00356. The van der Waals surface area contributed by atoms with Crippen molar-refractivity contribution in [2.45, 2.75) is 104 Å². The molecule has 0 amide bonds. The lowest BCUT2D eigenvalue weighted by atomic mass is 9.45. The third-order valence-corrected chi connectivity index (χ3v) is 9.90. The van der Waals surface area contributed by atoms with E-state index in [1.54, 1.807) is 6.08 Å². The van der Waals surface area contributed by atoms with Gasteiger partial charge in [-0.1, -0.05) is 32.8 Å². The van der Waals surface area contributed by atoms with Gasteiger partial charge in [0, 0.05) is 25.2 Å². The van der Waals surface area contributed by atoms with Crippen LogP contribution in [0, 0.1) is 28.6 Å². The molecule has 4 aliphatic rings. The molecule has 0 radical (unpaired) electrons. The number of fused-ring (bicyclic) bond motifs is 5. The predicted octanol–water partition coefficient (Wildman–Crippen LogP) is 4.09. The summed E-state index contributed by atoms with van der Waals surface area (Å²) < 4.78 is 11.2. The van der Waals surface area contributed by atoms with Crippen LogP contribution in [0.3, 0.4) is 0 Å². The average Bonchev–Trinajstić information content (AvgIpc) is 3.08. The quantitative estimate of drug-likeness (QED) is 0.538. The van der Waals surface area contributed by atoms with Gasteiger partial charge >= 0.3 is 11.9 Å². The number of carbonyl (C=O) groups excluding carboxylic acids is 4. The molecule has 0 aromatic carbocycles. The third kappa shape index (κ3) is 4.17. The van der Waals surface area contributed by atoms with Crippen LogP contribution in [0.5, 0.6) is 0 Å². The van der Waals surface area contributed by atoms with Gasteiger partial charge in [0.2, 0.25) is 5.78 Å². The highest BCUT2D eigenvalue weighted by molar-refractivity contribution is 5.93. The van der Waals surface area contributed by atoms with Crippen molar-refractivity contribution >= 4 is 23.5 Å². The summed E-state index contributed by atoms with van der Waals surface area (Å²) >= 11 is 0. The standard InChI is InChI=1S/C28H40O7/c1-5-6-7-24(33)35-28(23(32)16-34-17(2)29)13-11-21-20-9-8-18-14-19(30)10-12-26(18,3)25(20)22(31)15-27(21,28)4/h14,20-22,25,31H,5-13,15-16H2,1-4H3/t20-,21-,22-,25-,26+,27-,28-/m0/s1. The minimum atomic E-state index is -1.41. The number of allylic oxidation sites excluding steroid dienone is 1. The molecule has 0 unspecified atom stereocenters. The Balaban J connectivity index is 1.70. The second kappa shape index (κ2) is 9.45. The summed E-state index contributed by atoms with van der Waals surface area (Å²) in [5.41, 5.74) is -1.25. The summed E-state index contributed by atoms with van der Waals surface area (Å²) in [6.07, 6.45) is 7.17. The Morgan fingerprint density at radius 3 is 2.57 bits per heavy atom. The predicted molar refractivity (Wildman–Crippen MR) is 128 cm³/mol. The summed E-state index contributed by atoms with van der Waals surface area (Å²) in [4.78, 5) is 50.1. The van der Waals surface area contributed by atoms with E-state index in [-0.39, 0.29) is 41.2 Å². The SMILES string of the molecule is CCCCC(=O)O[C@]1(C(=O)COC(C)=O)CC[C@H]2[C@@H]3CCC4=CC(=O)CC[C@@]4(C)[C@@H]3[C@@H](O)C[C@@]21C. The van der Waals surface area contributed by atoms with Crippen molar-refractivity contribution in [3.8, 4) is 0 Å². The first-order valence-corrected chi connectivity index (χ1v) is 13.3. The van der Waals surface area contributed by atoms with Crippen molar-refractivity contribution in [3.63, 3.8) is 0 Å². The number of ether oxygens (including phenoxy) is 2. The Labute approximate surface area is 208 Å². The van der Waals surface area contributed by atoms with Crippen LogP contribution in [0.1, 0.15) is 91.9 Å². The van der Waals surface area contributed by atoms with Crippen molar-refractivity contribution in [1.82, 2.24) is 0 Å². The first kappa shape index (κ1) is 26.1. The van der Waals surface area contributed by atoms with E-state index in [0.717, 1.165) is 31.3 Å². The Morgan fingerprint density at radius 2 is 1.89 bits per heavy atom. The maximum absolute atomic E-state index is 13.7. The highest BCUT2D eigenvalue weighted by Gasteiger charge is 2.70. The fraction of sp³-hybridized carbons (Fsp3) is 0.786. The maximum Gasteiger partial charge on any atom is 0.306 e. The van der Waals surface area contributed by atoms with Crippen LogP contribution in [-0.2, 0) is 28.7 Å². The zero-order valence-corrected chi connectivity index (χ0v) is 21.6. The van der Waals surface area contributed by atoms with E-state index in [1.165, 1.54) is 6.92 Å². The molecule has 194 valence electrons. The van der Waals surface area contributed by atoms with E-state index in [4.69, 9.17) is 9.47 Å². The number of hydrogen-bond acceptors (Lipinski definition) is 7. The molecule has 4 aliphatic carbocycles. The van der Waals surface area contributed by atoms with Crippen molar-refractivity contribution in [2.75, 3.05) is 6.61 Å². The van der Waals surface area contributed by atoms with Crippen LogP contribution in [0.2, 0.25) is 0 Å². The van der Waals surface area contributed by atoms with Gasteiger partial charge in [-0.25, -0.2) is 0 Å². The summed E-state index contributed by atoms with van der Waals surface area (Å²) in [6, 6.07) is 0. The van der Waals surface area contributed by atoms with Gasteiger partial charge in [0.15, 0.2) is 18.0 Å². The Morgan fingerprint density at radius 1 is 1.14 bits per heavy atom. The van der Waals surface area contributed by atoms with Gasteiger partial charge in [-0.2, -0.15) is 0 Å². The molecule has 3 saturated carbocycles. The van der Waals surface area contributed by atoms with Crippen molar-refractivity contribution < 1.29 is 33.8 Å². The van der Waals surface area contributed by atoms with Crippen LogP contribution in [0.15, 0.2) is 11.6 Å². The molecule has 3 fully saturated rings. The Bertz CT molecular complexity index is 938. The van der Waals surface area contributed by atoms with Gasteiger partial charge in [0.1, 0.15) is 0 Å². The van der Waals surface area contributed by atoms with E-state index >= 15 is 0 Å². The van der Waals surface area contributed by atoms with Crippen molar-refractivity contribution in [2.24, 2.45) is 28.6 Å². The highest BCUT2D eigenvalue weighted by atomic mass is 16.6. The van der Waals surface area contributed by atoms with Crippen LogP contribution in [0.4, 0.5) is 0 Å². The van der Waals surface area contributed by atoms with Gasteiger partial charge in [-0.3, -0.25) is 19.2 Å². The monoisotopic (exact) mass is 488 g/mol. The fourth-order valence-corrected chi connectivity index (χ4v) is 8.21. The van der Waals surface area contributed by atoms with E-state index in [9.17, 15) is 24.3 Å². The first-order chi connectivity index (χ1) is 16.5. The zero-order chi connectivity index (χ0) is 25.6. The zero-order valence-electron chi connectivity index (χ0n) is 21.6. The molecule has 0 spiro atoms. The number of aliphatic hydroxyl groups excluding tert-OH is 1. The number of ketones is 2. The molecule has 0 heterocycles. The van der Waals surface area contributed by atoms with E-state index in [1.807, 2.05) is 13.8 Å². The molecule has 0 aromatic heterocycles. The summed E-state index contributed by atoms with van der Waals surface area (Å²) in [6.45, 7) is 6.98. The molecular weight excluding hydrogens is 448 g/mol. The number of rotatable bonds is 7. The summed E-state index contributed by atoms with van der Waals surface area (Å²) in [5.74, 6) is -0.929. The largest absolute Gasteiger partial charge is 0.458 e. The Kier molecular flexibility index (Phi) is 7.04. The molecule has 4 rings (SSSR count). The number of aliphatic hydroxyl groups is 1. The molecule has 0 aliphatic heterocycles. The topological polar surface area (TPSA) is 107 Å². The van der Waals surface area contributed by atoms with Gasteiger partial charge in [-0.05, 0) is 74.2 Å². The van der Waals surface area contributed by atoms with Gasteiger partial charge in [0.05, 0.1) is 6.10 Å². The van der Waals surface area contributed by atoms with Crippen LogP contribution >= 0.6 is 0 Å². The molecule has 35 heavy (non-hydrogen) atoms. The molecule has 7 atom stereocenters. The molecule has 0 saturated heterocycles. The van der Waals surface area contributed by atoms with Crippen molar-refractivity contribution in [1.29, 1.82) is 0 Å². The van der Waals surface area contributed by atoms with Crippen molar-refractivity contribution in [3.05, 3.63) is 11.6 Å². The lowest BCUT2D eigenvalue weighted by Crippen LogP contribution is -2.63. The molecule has 7 nitrogen and oxygen atoms in total. The van der Waals surface area contributed by atoms with Crippen LogP contribution in [-0.4, -0.2) is 46.9 Å². The van der Waals surface area contributed by atoms with E-state index < -0.39 is 35.7 Å². The number of unbranched alkanes of at least 4 members (excludes halogenated alkanes) is 1.